The zero-order chi connectivity index (χ0) is 14.5. The lowest BCUT2D eigenvalue weighted by molar-refractivity contribution is -0.146. The Hall–Kier alpha value is -1.89. The van der Waals surface area contributed by atoms with Gasteiger partial charge in [-0.25, -0.2) is 0 Å². The number of esters is 1. The molecule has 0 aromatic carbocycles. The van der Waals surface area contributed by atoms with Gasteiger partial charge in [0, 0.05) is 6.20 Å². The monoisotopic (exact) mass is 272 g/mol. The summed E-state index contributed by atoms with van der Waals surface area (Å²) in [6.45, 7) is 1.85. The number of ether oxygens (including phenoxy) is 1. The SMILES string of the molecule is COC(=O)[C@H]1CC[C@H](Cc2cnc(C)c(C#N)c2)CC1. The summed E-state index contributed by atoms with van der Waals surface area (Å²) in [4.78, 5) is 15.8. The Balaban J connectivity index is 1.93. The van der Waals surface area contributed by atoms with Crippen molar-refractivity contribution in [3.05, 3.63) is 29.1 Å². The van der Waals surface area contributed by atoms with Crippen LogP contribution in [0.25, 0.3) is 0 Å². The summed E-state index contributed by atoms with van der Waals surface area (Å²) in [6.07, 6.45) is 6.69. The number of carbonyl (C=O) groups is 1. The minimum absolute atomic E-state index is 0.0714. The van der Waals surface area contributed by atoms with E-state index in [4.69, 9.17) is 10.00 Å². The van der Waals surface area contributed by atoms with Gasteiger partial charge in [0.2, 0.25) is 0 Å². The Bertz CT molecular complexity index is 526. The molecule has 1 aliphatic carbocycles. The summed E-state index contributed by atoms with van der Waals surface area (Å²) in [5, 5.41) is 9.03. The van der Waals surface area contributed by atoms with Gasteiger partial charge in [-0.15, -0.1) is 0 Å². The molecule has 0 unspecified atom stereocenters. The number of hydrogen-bond donors (Lipinski definition) is 0. The minimum Gasteiger partial charge on any atom is -0.469 e. The van der Waals surface area contributed by atoms with Gasteiger partial charge in [0.25, 0.3) is 0 Å². The molecule has 106 valence electrons. The predicted molar refractivity (Wildman–Crippen MR) is 74.9 cm³/mol. The number of pyridine rings is 1. The van der Waals surface area contributed by atoms with E-state index in [9.17, 15) is 4.79 Å². The van der Waals surface area contributed by atoms with Crippen molar-refractivity contribution < 1.29 is 9.53 Å². The second-order valence-electron chi connectivity index (χ2n) is 5.53. The molecule has 1 aromatic rings. The van der Waals surface area contributed by atoms with E-state index in [1.54, 1.807) is 0 Å². The molecule has 2 rings (SSSR count). The van der Waals surface area contributed by atoms with Gasteiger partial charge in [-0.05, 0) is 56.6 Å². The molecular weight excluding hydrogens is 252 g/mol. The Kier molecular flexibility index (Phi) is 4.73. The van der Waals surface area contributed by atoms with E-state index in [1.165, 1.54) is 7.11 Å². The molecule has 20 heavy (non-hydrogen) atoms. The molecule has 0 spiro atoms. The van der Waals surface area contributed by atoms with E-state index >= 15 is 0 Å². The number of nitrogens with zero attached hydrogens (tertiary/aromatic N) is 2. The van der Waals surface area contributed by atoms with Crippen LogP contribution in [-0.4, -0.2) is 18.1 Å². The Morgan fingerprint density at radius 2 is 2.15 bits per heavy atom. The molecule has 1 aromatic heterocycles. The topological polar surface area (TPSA) is 63.0 Å². The first kappa shape index (κ1) is 14.5. The molecule has 4 heteroatoms. The van der Waals surface area contributed by atoms with Crippen molar-refractivity contribution in [1.29, 1.82) is 5.26 Å². The van der Waals surface area contributed by atoms with Crippen LogP contribution < -0.4 is 0 Å². The molecule has 0 bridgehead atoms. The number of carbonyl (C=O) groups excluding carboxylic acids is 1. The third-order valence-electron chi connectivity index (χ3n) is 4.17. The summed E-state index contributed by atoms with van der Waals surface area (Å²) < 4.78 is 4.80. The highest BCUT2D eigenvalue weighted by Crippen LogP contribution is 2.31. The van der Waals surface area contributed by atoms with Crippen molar-refractivity contribution in [1.82, 2.24) is 4.98 Å². The van der Waals surface area contributed by atoms with Crippen LogP contribution in [0.15, 0.2) is 12.3 Å². The molecule has 0 radical (unpaired) electrons. The lowest BCUT2D eigenvalue weighted by atomic mass is 9.79. The number of rotatable bonds is 3. The number of aryl methyl sites for hydroxylation is 1. The maximum Gasteiger partial charge on any atom is 0.308 e. The van der Waals surface area contributed by atoms with Crippen LogP contribution in [0.2, 0.25) is 0 Å². The van der Waals surface area contributed by atoms with E-state index in [0.29, 0.717) is 11.5 Å². The zero-order valence-electron chi connectivity index (χ0n) is 12.1. The molecule has 4 nitrogen and oxygen atoms in total. The number of hydrogen-bond acceptors (Lipinski definition) is 4. The molecule has 0 amide bonds. The van der Waals surface area contributed by atoms with Crippen molar-refractivity contribution >= 4 is 5.97 Å². The maximum atomic E-state index is 11.5. The maximum absolute atomic E-state index is 11.5. The van der Waals surface area contributed by atoms with E-state index in [2.05, 4.69) is 11.1 Å². The lowest BCUT2D eigenvalue weighted by Gasteiger charge is -2.26. The van der Waals surface area contributed by atoms with Crippen LogP contribution in [0.5, 0.6) is 0 Å². The highest BCUT2D eigenvalue weighted by molar-refractivity contribution is 5.72. The molecule has 0 N–H and O–H groups in total. The van der Waals surface area contributed by atoms with Crippen molar-refractivity contribution in [3.8, 4) is 6.07 Å². The van der Waals surface area contributed by atoms with Gasteiger partial charge in [-0.1, -0.05) is 0 Å². The third-order valence-corrected chi connectivity index (χ3v) is 4.17. The Morgan fingerprint density at radius 3 is 2.75 bits per heavy atom. The van der Waals surface area contributed by atoms with Gasteiger partial charge >= 0.3 is 5.97 Å². The largest absolute Gasteiger partial charge is 0.469 e. The van der Waals surface area contributed by atoms with Crippen LogP contribution in [-0.2, 0) is 16.0 Å². The van der Waals surface area contributed by atoms with Gasteiger partial charge < -0.3 is 4.74 Å². The number of nitriles is 1. The molecule has 0 atom stereocenters. The fourth-order valence-electron chi connectivity index (χ4n) is 2.90. The van der Waals surface area contributed by atoms with Gasteiger partial charge in [0.05, 0.1) is 24.3 Å². The summed E-state index contributed by atoms with van der Waals surface area (Å²) in [5.74, 6) is 0.571. The number of methoxy groups -OCH3 is 1. The van der Waals surface area contributed by atoms with Gasteiger partial charge in [0.1, 0.15) is 6.07 Å². The fourth-order valence-corrected chi connectivity index (χ4v) is 2.90. The van der Waals surface area contributed by atoms with Crippen LogP contribution in [0.1, 0.15) is 42.5 Å². The van der Waals surface area contributed by atoms with E-state index in [0.717, 1.165) is 43.4 Å². The summed E-state index contributed by atoms with van der Waals surface area (Å²) in [7, 11) is 1.45. The van der Waals surface area contributed by atoms with Crippen LogP contribution in [0.4, 0.5) is 0 Å². The number of aromatic nitrogens is 1. The lowest BCUT2D eigenvalue weighted by Crippen LogP contribution is -2.23. The summed E-state index contributed by atoms with van der Waals surface area (Å²) in [5.41, 5.74) is 2.56. The first-order valence-corrected chi connectivity index (χ1v) is 7.07. The van der Waals surface area contributed by atoms with Crippen LogP contribution in [0.3, 0.4) is 0 Å². The van der Waals surface area contributed by atoms with Gasteiger partial charge in [-0.3, -0.25) is 9.78 Å². The summed E-state index contributed by atoms with van der Waals surface area (Å²) in [6, 6.07) is 4.12. The molecule has 1 aliphatic rings. The molecule has 1 heterocycles. The van der Waals surface area contributed by atoms with Gasteiger partial charge in [-0.2, -0.15) is 5.26 Å². The Morgan fingerprint density at radius 1 is 1.45 bits per heavy atom. The first-order chi connectivity index (χ1) is 9.63. The average molecular weight is 272 g/mol. The zero-order valence-corrected chi connectivity index (χ0v) is 12.1. The molecule has 0 saturated heterocycles. The standard InChI is InChI=1S/C16H20N2O2/c1-11-15(9-17)8-13(10-18-11)7-12-3-5-14(6-4-12)16(19)20-2/h8,10,12,14H,3-7H2,1-2H3/t12-,14-. The minimum atomic E-state index is -0.0766. The van der Waals surface area contributed by atoms with Crippen molar-refractivity contribution in [2.45, 2.75) is 39.0 Å². The molecule has 1 fully saturated rings. The predicted octanol–water partition coefficient (Wildman–Crippen LogP) is 2.78. The third kappa shape index (κ3) is 3.36. The van der Waals surface area contributed by atoms with E-state index < -0.39 is 0 Å². The van der Waals surface area contributed by atoms with E-state index in [1.807, 2.05) is 19.2 Å². The van der Waals surface area contributed by atoms with Crippen molar-refractivity contribution in [2.24, 2.45) is 11.8 Å². The first-order valence-electron chi connectivity index (χ1n) is 7.07. The van der Waals surface area contributed by atoms with Crippen molar-refractivity contribution in [2.75, 3.05) is 7.11 Å². The highest BCUT2D eigenvalue weighted by Gasteiger charge is 2.26. The second kappa shape index (κ2) is 6.51. The molecule has 1 saturated carbocycles. The smallest absolute Gasteiger partial charge is 0.308 e. The molecule has 0 aliphatic heterocycles. The second-order valence-corrected chi connectivity index (χ2v) is 5.53. The van der Waals surface area contributed by atoms with Gasteiger partial charge in [0.15, 0.2) is 0 Å². The quantitative estimate of drug-likeness (QED) is 0.794. The normalized spacial score (nSPS) is 22.1. The van der Waals surface area contributed by atoms with Crippen LogP contribution >= 0.6 is 0 Å². The van der Waals surface area contributed by atoms with E-state index in [-0.39, 0.29) is 11.9 Å². The summed E-state index contributed by atoms with van der Waals surface area (Å²) >= 11 is 0. The van der Waals surface area contributed by atoms with Crippen molar-refractivity contribution in [3.63, 3.8) is 0 Å². The average Bonchev–Trinajstić information content (AvgIpc) is 2.49. The highest BCUT2D eigenvalue weighted by atomic mass is 16.5. The Labute approximate surface area is 119 Å². The van der Waals surface area contributed by atoms with Crippen LogP contribution in [0, 0.1) is 30.1 Å². The fraction of sp³-hybridized carbons (Fsp3) is 0.562. The molecular formula is C16H20N2O2.